The Morgan fingerprint density at radius 3 is 1.85 bits per heavy atom. The fourth-order valence-electron chi connectivity index (χ4n) is 8.58. The van der Waals surface area contributed by atoms with Crippen LogP contribution in [0.2, 0.25) is 0 Å². The average Bonchev–Trinajstić information content (AvgIpc) is 3.67. The summed E-state index contributed by atoms with van der Waals surface area (Å²) in [6.45, 7) is 9.93. The Bertz CT molecular complexity index is 3750. The van der Waals surface area contributed by atoms with Crippen molar-refractivity contribution in [3.05, 3.63) is 204 Å². The monoisotopic (exact) mass is 950 g/mol. The van der Waals surface area contributed by atoms with Crippen LogP contribution in [0.4, 0.5) is 28.8 Å². The Morgan fingerprint density at radius 2 is 1.19 bits per heavy atom. The number of H-pyrrole nitrogens is 1. The van der Waals surface area contributed by atoms with Crippen LogP contribution in [0.3, 0.4) is 0 Å². The van der Waals surface area contributed by atoms with Gasteiger partial charge < -0.3 is 5.32 Å². The molecular formula is C58H48N9O5+. The van der Waals surface area contributed by atoms with Crippen molar-refractivity contribution in [1.82, 2.24) is 20.4 Å². The van der Waals surface area contributed by atoms with Crippen LogP contribution in [0, 0.1) is 27.7 Å². The number of amides is 2. The third-order valence-corrected chi connectivity index (χ3v) is 12.3. The average molecular weight is 951 g/mol. The molecule has 3 N–H and O–H groups in total. The molecule has 1 aliphatic rings. The number of aromatic amines is 1. The number of hydrogen-bond donors (Lipinski definition) is 3. The summed E-state index contributed by atoms with van der Waals surface area (Å²) in [4.78, 5) is 28.9. The molecule has 1 aliphatic heterocycles. The van der Waals surface area contributed by atoms with E-state index in [0.717, 1.165) is 65.2 Å². The van der Waals surface area contributed by atoms with Crippen molar-refractivity contribution in [1.29, 1.82) is 0 Å². The molecule has 72 heavy (non-hydrogen) atoms. The summed E-state index contributed by atoms with van der Waals surface area (Å²) in [6.07, 6.45) is 2.97. The minimum Gasteiger partial charge on any atom is -0.338 e. The minimum absolute atomic E-state index is 0.335. The van der Waals surface area contributed by atoms with Gasteiger partial charge in [-0.1, -0.05) is 136 Å². The Morgan fingerprint density at radius 1 is 0.625 bits per heavy atom. The molecule has 0 radical (unpaired) electrons. The molecule has 11 rings (SSSR count). The van der Waals surface area contributed by atoms with E-state index in [9.17, 15) is 9.59 Å². The second-order valence-corrected chi connectivity index (χ2v) is 17.4. The first-order valence-corrected chi connectivity index (χ1v) is 23.2. The summed E-state index contributed by atoms with van der Waals surface area (Å²) in [5.41, 5.74) is 8.65. The van der Waals surface area contributed by atoms with Gasteiger partial charge in [-0.25, -0.2) is 0 Å². The molecule has 10 aromatic rings. The lowest BCUT2D eigenvalue weighted by Gasteiger charge is -2.10. The maximum absolute atomic E-state index is 12.6. The maximum Gasteiger partial charge on any atom is 0.487 e. The zero-order valence-corrected chi connectivity index (χ0v) is 40.0. The van der Waals surface area contributed by atoms with Gasteiger partial charge >= 0.3 is 5.88 Å². The van der Waals surface area contributed by atoms with E-state index in [1.807, 2.05) is 115 Å². The summed E-state index contributed by atoms with van der Waals surface area (Å²) in [7, 11) is 0. The van der Waals surface area contributed by atoms with Crippen molar-refractivity contribution in [3.8, 4) is 0 Å². The zero-order chi connectivity index (χ0) is 49.7. The fraction of sp³-hybridized carbons (Fsp3) is 0.103. The van der Waals surface area contributed by atoms with Gasteiger partial charge in [-0.3, -0.25) is 29.0 Å². The van der Waals surface area contributed by atoms with Crippen LogP contribution >= 0.6 is 0 Å². The highest BCUT2D eigenvalue weighted by atomic mass is 17.0. The highest BCUT2D eigenvalue weighted by Gasteiger charge is 2.38. The Labute approximate surface area is 413 Å². The van der Waals surface area contributed by atoms with Gasteiger partial charge in [0.2, 0.25) is 0 Å². The molecule has 0 saturated heterocycles. The standard InChI is InChI=1S/C38H33N4O3.C20H15N5O2/c1-23-13-17-31(25(3)21-23)39-37-35-29-11-7-5-9-27(29)15-19-33(35)44-45-34-20-16-28-10-6-8-12-30(28)36(34)38(43-42-41-37)40-32-18-14-24(2)22-26(32)4;1-13-18(20(27)25(24-13)19(26)15-8-10-21-11-9-15)23-22-17-7-6-14-4-2-3-5-16(14)12-17/h5-22,40,42H,1-4H3,(H,39,41);2-12,18H,1H3/q+1;. The summed E-state index contributed by atoms with van der Waals surface area (Å²) < 4.78 is 18.8. The first-order chi connectivity index (χ1) is 35.1. The number of imide groups is 1. The number of nitrogens with one attached hydrogen (secondary N) is 3. The highest BCUT2D eigenvalue weighted by Crippen LogP contribution is 2.35. The number of benzene rings is 8. The summed E-state index contributed by atoms with van der Waals surface area (Å²) in [5.74, 6) is -0.120. The topological polar surface area (TPSA) is 178 Å². The van der Waals surface area contributed by atoms with E-state index < -0.39 is 17.9 Å². The molecule has 1 unspecified atom stereocenters. The molecule has 0 bridgehead atoms. The van der Waals surface area contributed by atoms with E-state index in [1.165, 1.54) is 35.7 Å². The normalized spacial score (nSPS) is 13.3. The quantitative estimate of drug-likeness (QED) is 0.0607. The molecule has 14 nitrogen and oxygen atoms in total. The van der Waals surface area contributed by atoms with Crippen LogP contribution in [0.15, 0.2) is 205 Å². The van der Waals surface area contributed by atoms with E-state index in [2.05, 4.69) is 100 Å². The second kappa shape index (κ2) is 20.2. The number of nitrogens with zero attached hydrogens (tertiary/aromatic N) is 6. The highest BCUT2D eigenvalue weighted by molar-refractivity contribution is 6.18. The second-order valence-electron chi connectivity index (χ2n) is 17.4. The van der Waals surface area contributed by atoms with Crippen LogP contribution in [-0.4, -0.2) is 43.9 Å². The number of carbonyl (C=O) groups is 2. The predicted octanol–water partition coefficient (Wildman–Crippen LogP) is 14.8. The minimum atomic E-state index is -0.901. The smallest absolute Gasteiger partial charge is 0.338 e. The van der Waals surface area contributed by atoms with Crippen LogP contribution < -0.4 is 10.6 Å². The molecule has 14 heteroatoms. The van der Waals surface area contributed by atoms with Crippen molar-refractivity contribution in [2.45, 2.75) is 40.7 Å². The van der Waals surface area contributed by atoms with Gasteiger partial charge in [0.1, 0.15) is 0 Å². The number of pyridine rings is 1. The number of aromatic nitrogens is 3. The first kappa shape index (κ1) is 46.2. The van der Waals surface area contributed by atoms with Crippen LogP contribution in [-0.2, 0) is 4.79 Å². The van der Waals surface area contributed by atoms with E-state index >= 15 is 0 Å². The van der Waals surface area contributed by atoms with Gasteiger partial charge in [0, 0.05) is 34.7 Å². The van der Waals surface area contributed by atoms with Gasteiger partial charge in [-0.2, -0.15) is 20.3 Å². The van der Waals surface area contributed by atoms with Crippen LogP contribution in [0.1, 0.15) is 39.5 Å². The maximum atomic E-state index is 12.6. The Kier molecular flexibility index (Phi) is 12.9. The van der Waals surface area contributed by atoms with Gasteiger partial charge in [-0.05, 0) is 121 Å². The van der Waals surface area contributed by atoms with E-state index in [1.54, 1.807) is 6.92 Å². The molecule has 2 amide bonds. The summed E-state index contributed by atoms with van der Waals surface area (Å²) >= 11 is 0. The fourth-order valence-corrected chi connectivity index (χ4v) is 8.58. The van der Waals surface area contributed by atoms with E-state index in [4.69, 9.17) is 18.8 Å². The van der Waals surface area contributed by atoms with Crippen LogP contribution in [0.25, 0.3) is 54.3 Å². The zero-order valence-electron chi connectivity index (χ0n) is 40.0. The number of rotatable bonds is 7. The summed E-state index contributed by atoms with van der Waals surface area (Å²) in [5, 5.41) is 35.4. The molecule has 0 spiro atoms. The molecule has 8 aromatic carbocycles. The van der Waals surface area contributed by atoms with E-state index in [0.29, 0.717) is 45.2 Å². The Balaban J connectivity index is 0.000000188. The van der Waals surface area contributed by atoms with Crippen molar-refractivity contribution in [2.75, 3.05) is 10.6 Å². The third kappa shape index (κ3) is 9.69. The molecule has 0 aliphatic carbocycles. The first-order valence-electron chi connectivity index (χ1n) is 23.2. The lowest BCUT2D eigenvalue weighted by atomic mass is 10.1. The number of fused-ring (bicyclic) bond motifs is 7. The number of anilines is 4. The number of hydrogen-bond acceptors (Lipinski definition) is 11. The molecule has 3 heterocycles. The number of carbonyl (C=O) groups excluding carboxylic acids is 2. The SMILES string of the molecule is CC1=NN(C(=O)c2ccncc2)C(=O)C1N=Nc1ccc2ccccc2c1.Cc1ccc(Nc2n[nH][o+]c(Nc3ccc(C)cc3C)c3c(ccc4ccccc43)ooc3ccc4ccccc4c23)c(C)c1. The largest absolute Gasteiger partial charge is 0.487 e. The Hall–Kier alpha value is -9.56. The molecule has 0 fully saturated rings. The molecule has 354 valence electrons. The van der Waals surface area contributed by atoms with E-state index in [-0.39, 0.29) is 0 Å². The number of aryl methyl sites for hydroxylation is 4. The van der Waals surface area contributed by atoms with Crippen LogP contribution in [0.5, 0.6) is 0 Å². The molecule has 0 saturated carbocycles. The molecular weight excluding hydrogens is 903 g/mol. The van der Waals surface area contributed by atoms with Gasteiger partial charge in [0.05, 0.1) is 22.1 Å². The number of hydrazone groups is 1. The summed E-state index contributed by atoms with van der Waals surface area (Å²) in [6, 6.07) is 52.2. The van der Waals surface area contributed by atoms with Crippen molar-refractivity contribution in [3.63, 3.8) is 0 Å². The van der Waals surface area contributed by atoms with Gasteiger partial charge in [0.15, 0.2) is 28.4 Å². The van der Waals surface area contributed by atoms with Crippen molar-refractivity contribution in [2.24, 2.45) is 15.3 Å². The predicted molar refractivity (Wildman–Crippen MR) is 284 cm³/mol. The van der Waals surface area contributed by atoms with Gasteiger partial charge in [-0.15, -0.1) is 0 Å². The molecule has 2 aromatic heterocycles. The van der Waals surface area contributed by atoms with Crippen molar-refractivity contribution >= 4 is 101 Å². The lowest BCUT2D eigenvalue weighted by Crippen LogP contribution is -2.34. The third-order valence-electron chi connectivity index (χ3n) is 12.3. The van der Waals surface area contributed by atoms with Crippen molar-refractivity contribution < 1.29 is 23.3 Å². The lowest BCUT2D eigenvalue weighted by molar-refractivity contribution is -0.127. The number of azo groups is 1. The molecule has 1 atom stereocenters. The van der Waals surface area contributed by atoms with Gasteiger partial charge in [0.25, 0.3) is 11.8 Å².